The van der Waals surface area contributed by atoms with Gasteiger partial charge in [0.05, 0.1) is 5.69 Å². The van der Waals surface area contributed by atoms with Crippen molar-refractivity contribution in [1.82, 2.24) is 14.5 Å². The van der Waals surface area contributed by atoms with E-state index in [2.05, 4.69) is 86.8 Å². The van der Waals surface area contributed by atoms with Gasteiger partial charge in [0.1, 0.15) is 18.1 Å². The number of hydrogen-bond donors (Lipinski definition) is 0. The van der Waals surface area contributed by atoms with E-state index in [4.69, 9.17) is 9.97 Å². The van der Waals surface area contributed by atoms with Crippen LogP contribution in [0.1, 0.15) is 30.9 Å². The fraction of sp³-hybridized carbons (Fsp3) is 0.320. The summed E-state index contributed by atoms with van der Waals surface area (Å²) in [6, 6.07) is 11.2. The third-order valence-electron chi connectivity index (χ3n) is 6.21. The van der Waals surface area contributed by atoms with Crippen LogP contribution >= 0.6 is 11.3 Å². The predicted octanol–water partition coefficient (Wildman–Crippen LogP) is 5.57. The van der Waals surface area contributed by atoms with Crippen LogP contribution < -0.4 is 9.72 Å². The van der Waals surface area contributed by atoms with Gasteiger partial charge in [0.15, 0.2) is 11.2 Å². The lowest BCUT2D eigenvalue weighted by Crippen LogP contribution is -2.39. The Morgan fingerprint density at radius 1 is 1.06 bits per heavy atom. The number of fused-ring (bicyclic) bond motifs is 4. The minimum Gasteiger partial charge on any atom is -0.320 e. The maximum Gasteiger partial charge on any atom is 0.289 e. The molecule has 3 aromatic heterocycles. The van der Waals surface area contributed by atoms with E-state index in [9.17, 15) is 0 Å². The molecule has 0 aliphatic heterocycles. The third kappa shape index (κ3) is 3.04. The zero-order valence-electron chi connectivity index (χ0n) is 19.3. The van der Waals surface area contributed by atoms with Gasteiger partial charge in [-0.25, -0.2) is 0 Å². The van der Waals surface area contributed by atoms with Crippen LogP contribution in [0.25, 0.3) is 37.2 Å². The van der Waals surface area contributed by atoms with Crippen LogP contribution in [0.5, 0.6) is 0 Å². The summed E-state index contributed by atoms with van der Waals surface area (Å²) in [5.74, 6) is 0.452. The van der Waals surface area contributed by atoms with Crippen molar-refractivity contribution < 1.29 is 4.40 Å². The average molecular weight is 446 g/mol. The van der Waals surface area contributed by atoms with Crippen LogP contribution in [0.4, 0.5) is 0 Å². The zero-order valence-corrected chi connectivity index (χ0v) is 21.1. The summed E-state index contributed by atoms with van der Waals surface area (Å²) in [5.41, 5.74) is 6.26. The van der Waals surface area contributed by atoms with Gasteiger partial charge in [-0.2, -0.15) is 4.40 Å². The highest BCUT2D eigenvalue weighted by Crippen LogP contribution is 2.39. The molecule has 0 saturated heterocycles. The van der Waals surface area contributed by atoms with Gasteiger partial charge in [-0.15, -0.1) is 4.98 Å². The lowest BCUT2D eigenvalue weighted by molar-refractivity contribution is -0.479. The second-order valence-corrected chi connectivity index (χ2v) is 15.8. The largest absolute Gasteiger partial charge is 0.320 e. The van der Waals surface area contributed by atoms with Gasteiger partial charge in [0.2, 0.25) is 6.33 Å². The molecule has 3 heterocycles. The molecule has 0 aliphatic carbocycles. The Kier molecular flexibility index (Phi) is 4.57. The highest BCUT2D eigenvalue weighted by molar-refractivity contribution is 7.25. The van der Waals surface area contributed by atoms with Gasteiger partial charge in [-0.05, 0) is 40.8 Å². The molecule has 5 rings (SSSR count). The maximum atomic E-state index is 4.81. The van der Waals surface area contributed by atoms with E-state index in [1.54, 1.807) is 0 Å². The molecule has 0 saturated carbocycles. The first-order chi connectivity index (χ1) is 14.7. The Morgan fingerprint density at radius 3 is 2.45 bits per heavy atom. The molecule has 6 heteroatoms. The molecule has 5 aromatic rings. The Bertz CT molecular complexity index is 1470. The molecular formula is C25H29N4SSi+. The van der Waals surface area contributed by atoms with Gasteiger partial charge in [-0.1, -0.05) is 74.1 Å². The predicted molar refractivity (Wildman–Crippen MR) is 134 cm³/mol. The minimum absolute atomic E-state index is 0.452. The maximum absolute atomic E-state index is 4.81. The zero-order chi connectivity index (χ0) is 22.1. The number of aryl methyl sites for hydroxylation is 2. The van der Waals surface area contributed by atoms with Crippen molar-refractivity contribution in [2.24, 2.45) is 7.05 Å². The van der Waals surface area contributed by atoms with Crippen LogP contribution in [0.15, 0.2) is 43.0 Å². The molecule has 0 atom stereocenters. The van der Waals surface area contributed by atoms with Crippen molar-refractivity contribution in [3.05, 3.63) is 54.1 Å². The Balaban J connectivity index is 1.90. The first kappa shape index (κ1) is 20.3. The smallest absolute Gasteiger partial charge is 0.289 e. The van der Waals surface area contributed by atoms with Crippen molar-refractivity contribution in [1.29, 1.82) is 0 Å². The number of imidazole rings is 1. The summed E-state index contributed by atoms with van der Waals surface area (Å²) in [5, 5.41) is 3.96. The van der Waals surface area contributed by atoms with Crippen LogP contribution in [0, 0.1) is 6.92 Å². The molecule has 2 aromatic carbocycles. The van der Waals surface area contributed by atoms with Gasteiger partial charge >= 0.3 is 0 Å². The lowest BCUT2D eigenvalue weighted by atomic mass is 9.89. The standard InChI is InChI=1S/C25H29N4SSi/c1-15(2)19-12-20(16(3)17-10-8-9-11-18(17)19)21-22-23(26-13-28(21)4)29-14-27-24(25(29)30-22)31(5,6)7/h8-15H,1-7H3/q+1. The average Bonchev–Trinajstić information content (AvgIpc) is 3.27. The number of aromatic nitrogens is 4. The van der Waals surface area contributed by atoms with Gasteiger partial charge in [-0.3, -0.25) is 0 Å². The highest BCUT2D eigenvalue weighted by atomic mass is 32.1. The summed E-state index contributed by atoms with van der Waals surface area (Å²) in [6.45, 7) is 13.9. The lowest BCUT2D eigenvalue weighted by Gasteiger charge is -2.18. The van der Waals surface area contributed by atoms with Crippen molar-refractivity contribution in [3.63, 3.8) is 0 Å². The Hall–Kier alpha value is -2.57. The highest BCUT2D eigenvalue weighted by Gasteiger charge is 2.31. The fourth-order valence-corrected chi connectivity index (χ4v) is 8.02. The summed E-state index contributed by atoms with van der Waals surface area (Å²) in [4.78, 5) is 10.8. The summed E-state index contributed by atoms with van der Waals surface area (Å²) in [7, 11) is 0.563. The van der Waals surface area contributed by atoms with E-state index in [-0.39, 0.29) is 0 Å². The second kappa shape index (κ2) is 6.97. The second-order valence-electron chi connectivity index (χ2n) is 9.82. The molecule has 0 radical (unpaired) electrons. The molecule has 0 aliphatic rings. The molecule has 31 heavy (non-hydrogen) atoms. The minimum atomic E-state index is -1.55. The Labute approximate surface area is 188 Å². The van der Waals surface area contributed by atoms with E-state index < -0.39 is 8.07 Å². The van der Waals surface area contributed by atoms with E-state index >= 15 is 0 Å². The fourth-order valence-electron chi connectivity index (χ4n) is 4.57. The molecule has 0 bridgehead atoms. The van der Waals surface area contributed by atoms with Gasteiger partial charge in [0, 0.05) is 12.6 Å². The number of thiazole rings is 1. The van der Waals surface area contributed by atoms with Gasteiger partial charge in [0.25, 0.3) is 5.65 Å². The topological polar surface area (TPSA) is 34.8 Å². The third-order valence-corrected chi connectivity index (χ3v) is 9.34. The summed E-state index contributed by atoms with van der Waals surface area (Å²) in [6.07, 6.45) is 3.91. The van der Waals surface area contributed by atoms with E-state index in [1.807, 2.05) is 24.0 Å². The van der Waals surface area contributed by atoms with Crippen LogP contribution in [0.3, 0.4) is 0 Å². The molecule has 0 spiro atoms. The molecule has 158 valence electrons. The van der Waals surface area contributed by atoms with E-state index in [0.717, 1.165) is 5.65 Å². The van der Waals surface area contributed by atoms with Crippen molar-refractivity contribution in [3.8, 4) is 11.3 Å². The van der Waals surface area contributed by atoms with E-state index in [1.165, 1.54) is 48.0 Å². The SMILES string of the molecule is Cc1c(-c2c3sc4c([Si](C)(C)C)nc[n+]4c3ncn2C)cc(C(C)C)c2ccccc12. The number of benzene rings is 2. The number of rotatable bonds is 3. The first-order valence-electron chi connectivity index (χ1n) is 10.9. The van der Waals surface area contributed by atoms with Crippen LogP contribution in [-0.4, -0.2) is 22.6 Å². The number of hydrogen-bond acceptors (Lipinski definition) is 3. The molecule has 4 nitrogen and oxygen atoms in total. The summed E-state index contributed by atoms with van der Waals surface area (Å²) >= 11 is 1.84. The molecule has 0 unspecified atom stereocenters. The molecule has 0 amide bonds. The quantitative estimate of drug-likeness (QED) is 0.269. The molecule has 0 N–H and O–H groups in total. The van der Waals surface area contributed by atoms with Crippen molar-refractivity contribution >= 4 is 50.7 Å². The first-order valence-corrected chi connectivity index (χ1v) is 15.2. The number of nitrogens with zero attached hydrogens (tertiary/aromatic N) is 4. The Morgan fingerprint density at radius 2 is 1.77 bits per heavy atom. The normalized spacial score (nSPS) is 12.6. The van der Waals surface area contributed by atoms with Crippen molar-refractivity contribution in [2.75, 3.05) is 0 Å². The summed E-state index contributed by atoms with van der Waals surface area (Å²) < 4.78 is 5.60. The van der Waals surface area contributed by atoms with Crippen LogP contribution in [0.2, 0.25) is 19.6 Å². The molecular weight excluding hydrogens is 416 g/mol. The molecule has 0 fully saturated rings. The van der Waals surface area contributed by atoms with Crippen molar-refractivity contribution in [2.45, 2.75) is 46.3 Å². The monoisotopic (exact) mass is 445 g/mol. The van der Waals surface area contributed by atoms with Gasteiger partial charge < -0.3 is 4.57 Å². The van der Waals surface area contributed by atoms with Crippen LogP contribution in [-0.2, 0) is 7.05 Å². The van der Waals surface area contributed by atoms with E-state index in [0.29, 0.717) is 5.92 Å².